The molecule has 0 saturated carbocycles. The quantitative estimate of drug-likeness (QED) is 0.332. The van der Waals surface area contributed by atoms with Crippen molar-refractivity contribution in [3.63, 3.8) is 0 Å². The van der Waals surface area contributed by atoms with Crippen LogP contribution in [0.25, 0.3) is 0 Å². The lowest BCUT2D eigenvalue weighted by molar-refractivity contribution is -0.368. The van der Waals surface area contributed by atoms with Crippen LogP contribution >= 0.6 is 11.3 Å². The van der Waals surface area contributed by atoms with E-state index in [-0.39, 0.29) is 30.6 Å². The van der Waals surface area contributed by atoms with E-state index in [0.717, 1.165) is 0 Å². The monoisotopic (exact) mass is 658 g/mol. The lowest BCUT2D eigenvalue weighted by atomic mass is 9.66. The number of rotatable bonds is 6. The number of aliphatic hydroxyl groups excluding tert-OH is 2. The van der Waals surface area contributed by atoms with E-state index in [0.29, 0.717) is 33.1 Å². The molecule has 14 heteroatoms. The molecule has 244 valence electrons. The number of thiophene rings is 1. The van der Waals surface area contributed by atoms with E-state index < -0.39 is 73.4 Å². The number of hydrogen-bond donors (Lipinski definition) is 3. The van der Waals surface area contributed by atoms with Crippen LogP contribution in [0, 0.1) is 11.8 Å². The molecule has 3 aromatic rings. The normalized spacial score (nSPS) is 36.0. The number of benzene rings is 2. The molecular formula is C32H32O13S. The average Bonchev–Trinajstić information content (AvgIpc) is 3.85. The number of phenols is 1. The minimum atomic E-state index is -2.44. The number of carbonyl (C=O) groups is 1. The highest BCUT2D eigenvalue weighted by atomic mass is 32.1. The van der Waals surface area contributed by atoms with Crippen molar-refractivity contribution in [1.29, 1.82) is 0 Å². The predicted octanol–water partition coefficient (Wildman–Crippen LogP) is 2.75. The fraction of sp³-hybridized carbons (Fsp3) is 0.469. The van der Waals surface area contributed by atoms with E-state index in [2.05, 4.69) is 0 Å². The van der Waals surface area contributed by atoms with E-state index in [1.54, 1.807) is 41.8 Å². The van der Waals surface area contributed by atoms with Crippen LogP contribution in [0.5, 0.6) is 28.7 Å². The summed E-state index contributed by atoms with van der Waals surface area (Å²) in [5.74, 6) is -1.64. The molecule has 13 nitrogen and oxygen atoms in total. The highest BCUT2D eigenvalue weighted by Gasteiger charge is 2.56. The number of aliphatic hydroxyl groups is 2. The first-order chi connectivity index (χ1) is 23.1. The van der Waals surface area contributed by atoms with Gasteiger partial charge in [0.05, 0.1) is 47.0 Å². The molecule has 0 spiro atoms. The summed E-state index contributed by atoms with van der Waals surface area (Å²) in [7, 11) is 2.81. The van der Waals surface area contributed by atoms with Crippen LogP contribution in [-0.2, 0) is 28.5 Å². The Hall–Kier alpha value is -3.63. The Morgan fingerprint density at radius 3 is 2.41 bits per heavy atom. The number of cyclic esters (lactones) is 1. The molecule has 1 aliphatic carbocycles. The maximum Gasteiger partial charge on any atom is 0.310 e. The molecule has 0 amide bonds. The molecule has 8 rings (SSSR count). The van der Waals surface area contributed by atoms with Gasteiger partial charge in [0.15, 0.2) is 35.6 Å². The number of carbonyl (C=O) groups excluding carboxylic acids is 1. The van der Waals surface area contributed by atoms with Gasteiger partial charge in [0.2, 0.25) is 12.5 Å². The van der Waals surface area contributed by atoms with Crippen molar-refractivity contribution in [2.24, 2.45) is 11.8 Å². The van der Waals surface area contributed by atoms with Crippen molar-refractivity contribution in [2.75, 3.05) is 34.2 Å². The largest absolute Gasteiger partial charge is 0.502 e. The van der Waals surface area contributed by atoms with E-state index in [1.165, 1.54) is 25.6 Å². The summed E-state index contributed by atoms with van der Waals surface area (Å²) in [6.45, 7) is -2.50. The van der Waals surface area contributed by atoms with Crippen LogP contribution < -0.4 is 18.9 Å². The topological polar surface area (TPSA) is 161 Å². The van der Waals surface area contributed by atoms with Gasteiger partial charge in [0.1, 0.15) is 24.4 Å². The van der Waals surface area contributed by atoms with Gasteiger partial charge >= 0.3 is 5.97 Å². The maximum absolute atomic E-state index is 13.5. The van der Waals surface area contributed by atoms with Crippen LogP contribution in [0.1, 0.15) is 42.6 Å². The van der Waals surface area contributed by atoms with Crippen molar-refractivity contribution < 1.29 is 65.5 Å². The van der Waals surface area contributed by atoms with Gasteiger partial charge in [-0.05, 0) is 52.4 Å². The summed E-state index contributed by atoms with van der Waals surface area (Å²) in [5.41, 5.74) is 1.77. The summed E-state index contributed by atoms with van der Waals surface area (Å²) >= 11 is 1.30. The van der Waals surface area contributed by atoms with Gasteiger partial charge < -0.3 is 58.0 Å². The number of esters is 1. The van der Waals surface area contributed by atoms with Gasteiger partial charge in [-0.2, -0.15) is 0 Å². The minimum Gasteiger partial charge on any atom is -0.502 e. The summed E-state index contributed by atoms with van der Waals surface area (Å²) in [4.78, 5) is 14.1. The van der Waals surface area contributed by atoms with Gasteiger partial charge in [0.25, 0.3) is 0 Å². The van der Waals surface area contributed by atoms with Crippen molar-refractivity contribution in [2.45, 2.75) is 49.0 Å². The highest BCUT2D eigenvalue weighted by Crippen LogP contribution is 2.57. The van der Waals surface area contributed by atoms with Crippen LogP contribution in [0.2, 0.25) is 0 Å². The number of aromatic hydroxyl groups is 1. The fourth-order valence-corrected chi connectivity index (χ4v) is 7.66. The van der Waals surface area contributed by atoms with E-state index >= 15 is 0 Å². The zero-order valence-corrected chi connectivity index (χ0v) is 25.4. The van der Waals surface area contributed by atoms with Crippen molar-refractivity contribution in [1.82, 2.24) is 0 Å². The van der Waals surface area contributed by atoms with E-state index in [9.17, 15) is 20.1 Å². The fourth-order valence-electron chi connectivity index (χ4n) is 6.97. The Morgan fingerprint density at radius 2 is 1.72 bits per heavy atom. The number of ether oxygens (including phenoxy) is 9. The molecule has 3 saturated heterocycles. The molecule has 1 aromatic heterocycles. The van der Waals surface area contributed by atoms with Crippen LogP contribution in [-0.4, -0.2) is 86.2 Å². The molecule has 46 heavy (non-hydrogen) atoms. The minimum absolute atomic E-state index is 0.0224. The molecule has 10 atom stereocenters. The van der Waals surface area contributed by atoms with Crippen LogP contribution in [0.4, 0.5) is 0 Å². The molecule has 0 bridgehead atoms. The number of fused-ring (bicyclic) bond motifs is 4. The zero-order valence-electron chi connectivity index (χ0n) is 26.6. The van der Waals surface area contributed by atoms with Crippen LogP contribution in [0.3, 0.4) is 0 Å². The van der Waals surface area contributed by atoms with Crippen LogP contribution in [0.15, 0.2) is 41.8 Å². The summed E-state index contributed by atoms with van der Waals surface area (Å²) in [6.07, 6.45) is -9.67. The maximum atomic E-state index is 13.5. The number of phenolic OH excluding ortho intramolecular Hbond substituents is 1. The summed E-state index contributed by atoms with van der Waals surface area (Å²) in [6, 6.07) is 10.2. The third-order valence-corrected chi connectivity index (χ3v) is 10.0. The molecule has 5 heterocycles. The first-order valence-electron chi connectivity index (χ1n) is 15.7. The molecule has 3 N–H and O–H groups in total. The molecular weight excluding hydrogens is 624 g/mol. The highest BCUT2D eigenvalue weighted by molar-refractivity contribution is 7.10. The molecule has 2 aromatic carbocycles. The predicted molar refractivity (Wildman–Crippen MR) is 156 cm³/mol. The first-order valence-corrected chi connectivity index (χ1v) is 15.6. The lowest BCUT2D eigenvalue weighted by Crippen LogP contribution is -2.62. The van der Waals surface area contributed by atoms with E-state index in [4.69, 9.17) is 45.4 Å². The van der Waals surface area contributed by atoms with Crippen molar-refractivity contribution in [3.8, 4) is 28.7 Å². The lowest BCUT2D eigenvalue weighted by Gasteiger charge is -2.48. The number of methoxy groups -OCH3 is 2. The SMILES string of the molecule is [2H]C1([2H])O[C@@H](c2cccs2)O[C@H]2[C@H](O)C(O)[C@H](O[C@@H]3c4cc5c(cc4[C@@H](c4cc(OC)c(O)c(OC)c4)[C@H]4C(=O)OC[C@@H]43)OCO5)O[C@@H]21. The van der Waals surface area contributed by atoms with Gasteiger partial charge in [-0.1, -0.05) is 6.07 Å². The Kier molecular flexibility index (Phi) is 6.91. The number of hydrogen-bond acceptors (Lipinski definition) is 14. The molecule has 3 fully saturated rings. The third kappa shape index (κ3) is 4.70. The smallest absolute Gasteiger partial charge is 0.310 e. The summed E-state index contributed by atoms with van der Waals surface area (Å²) in [5, 5.41) is 35.0. The third-order valence-electron chi connectivity index (χ3n) is 9.15. The van der Waals surface area contributed by atoms with Gasteiger partial charge in [-0.3, -0.25) is 4.79 Å². The zero-order chi connectivity index (χ0) is 33.5. The molecule has 1 unspecified atom stereocenters. The Morgan fingerprint density at radius 1 is 0.978 bits per heavy atom. The molecule has 5 aliphatic rings. The van der Waals surface area contributed by atoms with Gasteiger partial charge in [-0.25, -0.2) is 0 Å². The molecule has 0 radical (unpaired) electrons. The van der Waals surface area contributed by atoms with Crippen molar-refractivity contribution >= 4 is 17.3 Å². The standard InChI is InChI=1S/C32H32O13S/c1-37-19-6-13(7-20(38-2)25(19)33)23-14-8-17-18(42-12-41-17)9-15(14)28(16-10-39-30(36)24(16)23)44-32-27(35)26(34)29-21(43-32)11-40-31(45-29)22-4-3-5-46-22/h3-9,16,21,23-24,26-29,31-35H,10-12H2,1-2H3/t16-,21+,23+,24-,26+,27?,28+,29+,31+,32-/m0/s1/i11D2. The second-order valence-corrected chi connectivity index (χ2v) is 12.5. The van der Waals surface area contributed by atoms with Crippen molar-refractivity contribution in [3.05, 3.63) is 63.3 Å². The second-order valence-electron chi connectivity index (χ2n) is 11.6. The Bertz CT molecular complexity index is 1690. The summed E-state index contributed by atoms with van der Waals surface area (Å²) < 4.78 is 69.2. The van der Waals surface area contributed by atoms with Gasteiger partial charge in [0, 0.05) is 11.8 Å². The second kappa shape index (κ2) is 11.6. The van der Waals surface area contributed by atoms with E-state index in [1.807, 2.05) is 0 Å². The molecule has 4 aliphatic heterocycles. The average molecular weight is 659 g/mol. The Labute approximate surface area is 269 Å². The van der Waals surface area contributed by atoms with Gasteiger partial charge in [-0.15, -0.1) is 11.3 Å². The first kappa shape index (κ1) is 27.5. The Balaban J connectivity index is 1.18.